The molecule has 0 fully saturated rings. The summed E-state index contributed by atoms with van der Waals surface area (Å²) in [6.45, 7) is 0.978. The van der Waals surface area contributed by atoms with E-state index in [1.54, 1.807) is 0 Å². The predicted molar refractivity (Wildman–Crippen MR) is 66.9 cm³/mol. The number of hydrogen-bond donors (Lipinski definition) is 1. The molecule has 0 aromatic carbocycles. The van der Waals surface area contributed by atoms with E-state index in [2.05, 4.69) is 15.3 Å². The van der Waals surface area contributed by atoms with Crippen LogP contribution in [0.1, 0.15) is 12.1 Å². The van der Waals surface area contributed by atoms with Gasteiger partial charge in [0.05, 0.1) is 11.3 Å². The lowest BCUT2D eigenvalue weighted by Gasteiger charge is -2.19. The average Bonchev–Trinajstić information content (AvgIpc) is 2.33. The van der Waals surface area contributed by atoms with Gasteiger partial charge in [-0.2, -0.15) is 18.2 Å². The Labute approximate surface area is 113 Å². The van der Waals surface area contributed by atoms with Crippen LogP contribution in [0.15, 0.2) is 0 Å². The van der Waals surface area contributed by atoms with Crippen LogP contribution in [0.2, 0.25) is 0 Å². The number of nitrogens with zero attached hydrogens (tertiary/aromatic N) is 4. The van der Waals surface area contributed by atoms with Crippen LogP contribution in [0.3, 0.4) is 0 Å². The number of nitrogens with one attached hydrogen (secondary N) is 1. The van der Waals surface area contributed by atoms with Crippen LogP contribution in [0, 0.1) is 17.0 Å². The van der Waals surface area contributed by atoms with E-state index in [9.17, 15) is 23.3 Å². The molecule has 1 N–H and O–H groups in total. The fourth-order valence-corrected chi connectivity index (χ4v) is 1.54. The van der Waals surface area contributed by atoms with Crippen LogP contribution in [0.4, 0.5) is 30.6 Å². The van der Waals surface area contributed by atoms with Crippen molar-refractivity contribution in [3.05, 3.63) is 15.8 Å². The van der Waals surface area contributed by atoms with Gasteiger partial charge in [-0.25, -0.2) is 4.98 Å². The maximum absolute atomic E-state index is 12.2. The average molecular weight is 293 g/mol. The molecule has 10 heteroatoms. The van der Waals surface area contributed by atoms with Gasteiger partial charge in [0.1, 0.15) is 5.69 Å². The molecule has 1 aromatic rings. The van der Waals surface area contributed by atoms with Gasteiger partial charge in [0.2, 0.25) is 11.8 Å². The van der Waals surface area contributed by atoms with Crippen LogP contribution in [0.5, 0.6) is 0 Å². The zero-order valence-corrected chi connectivity index (χ0v) is 11.2. The van der Waals surface area contributed by atoms with Gasteiger partial charge in [-0.3, -0.25) is 10.1 Å². The molecule has 7 nitrogen and oxygen atoms in total. The SMILES string of the molecule is CNc1nc(C)c([N+](=O)[O-])c(N(C)CCC(F)(F)F)n1. The number of halogens is 3. The number of aromatic nitrogens is 2. The van der Waals surface area contributed by atoms with Crippen molar-refractivity contribution in [1.82, 2.24) is 9.97 Å². The molecule has 0 aliphatic carbocycles. The molecule has 0 saturated carbocycles. The molecular formula is C10H14F3N5O2. The van der Waals surface area contributed by atoms with Gasteiger partial charge in [0, 0.05) is 20.6 Å². The molecule has 0 atom stereocenters. The second kappa shape index (κ2) is 5.88. The largest absolute Gasteiger partial charge is 0.390 e. The number of aryl methyl sites for hydroxylation is 1. The lowest BCUT2D eigenvalue weighted by atomic mass is 10.3. The van der Waals surface area contributed by atoms with Crippen molar-refractivity contribution in [3.8, 4) is 0 Å². The van der Waals surface area contributed by atoms with Gasteiger partial charge in [-0.1, -0.05) is 0 Å². The lowest BCUT2D eigenvalue weighted by molar-refractivity contribution is -0.385. The second-order valence-electron chi connectivity index (χ2n) is 4.10. The summed E-state index contributed by atoms with van der Waals surface area (Å²) in [7, 11) is 2.83. The Bertz CT molecular complexity index is 506. The summed E-state index contributed by atoms with van der Waals surface area (Å²) in [5.74, 6) is -0.0296. The minimum absolute atomic E-state index is 0.0863. The monoisotopic (exact) mass is 293 g/mol. The molecule has 1 aromatic heterocycles. The zero-order valence-electron chi connectivity index (χ0n) is 11.2. The summed E-state index contributed by atoms with van der Waals surface area (Å²) < 4.78 is 36.6. The van der Waals surface area contributed by atoms with Crippen molar-refractivity contribution in [1.29, 1.82) is 0 Å². The van der Waals surface area contributed by atoms with Crippen molar-refractivity contribution < 1.29 is 18.1 Å². The van der Waals surface area contributed by atoms with Gasteiger partial charge < -0.3 is 10.2 Å². The van der Waals surface area contributed by atoms with E-state index in [1.807, 2.05) is 0 Å². The van der Waals surface area contributed by atoms with E-state index >= 15 is 0 Å². The number of hydrogen-bond acceptors (Lipinski definition) is 6. The van der Waals surface area contributed by atoms with Gasteiger partial charge >= 0.3 is 11.9 Å². The Morgan fingerprint density at radius 1 is 1.40 bits per heavy atom. The Hall–Kier alpha value is -2.13. The highest BCUT2D eigenvalue weighted by atomic mass is 19.4. The fraction of sp³-hybridized carbons (Fsp3) is 0.600. The number of alkyl halides is 3. The normalized spacial score (nSPS) is 11.3. The Kier molecular flexibility index (Phi) is 4.69. The lowest BCUT2D eigenvalue weighted by Crippen LogP contribution is -2.26. The standard InChI is InChI=1S/C10H14F3N5O2/c1-6-7(18(19)20)8(16-9(14-2)15-6)17(3)5-4-10(11,12)13/h4-5H2,1-3H3,(H,14,15,16). The summed E-state index contributed by atoms with van der Waals surface area (Å²) in [6.07, 6.45) is -5.42. The first-order valence-corrected chi connectivity index (χ1v) is 5.64. The highest BCUT2D eigenvalue weighted by Crippen LogP contribution is 2.30. The molecule has 0 amide bonds. The Morgan fingerprint density at radius 3 is 2.45 bits per heavy atom. The predicted octanol–water partition coefficient (Wildman–Crippen LogP) is 2.12. The van der Waals surface area contributed by atoms with Gasteiger partial charge in [0.25, 0.3) is 0 Å². The molecule has 0 aliphatic heterocycles. The first-order chi connectivity index (χ1) is 9.15. The molecule has 0 saturated heterocycles. The third-order valence-corrected chi connectivity index (χ3v) is 2.54. The highest BCUT2D eigenvalue weighted by molar-refractivity contribution is 5.62. The summed E-state index contributed by atoms with van der Waals surface area (Å²) in [5, 5.41) is 13.6. The van der Waals surface area contributed by atoms with Crippen molar-refractivity contribution in [3.63, 3.8) is 0 Å². The van der Waals surface area contributed by atoms with Crippen molar-refractivity contribution in [2.75, 3.05) is 30.9 Å². The molecule has 0 unspecified atom stereocenters. The first kappa shape index (κ1) is 15.9. The van der Waals surface area contributed by atoms with Gasteiger partial charge in [-0.15, -0.1) is 0 Å². The minimum atomic E-state index is -4.34. The van der Waals surface area contributed by atoms with Crippen LogP contribution in [-0.2, 0) is 0 Å². The molecule has 112 valence electrons. The van der Waals surface area contributed by atoms with Crippen LogP contribution in [0.25, 0.3) is 0 Å². The molecule has 0 radical (unpaired) electrons. The van der Waals surface area contributed by atoms with E-state index in [0.717, 1.165) is 4.90 Å². The summed E-state index contributed by atoms with van der Waals surface area (Å²) >= 11 is 0. The van der Waals surface area contributed by atoms with Crippen LogP contribution in [-0.4, -0.2) is 41.7 Å². The summed E-state index contributed by atoms with van der Waals surface area (Å²) in [4.78, 5) is 19.1. The smallest absolute Gasteiger partial charge is 0.357 e. The second-order valence-corrected chi connectivity index (χ2v) is 4.10. The number of anilines is 2. The van der Waals surface area contributed by atoms with E-state index in [-0.39, 0.29) is 17.5 Å². The van der Waals surface area contributed by atoms with Gasteiger partial charge in [-0.05, 0) is 6.92 Å². The molecule has 0 aliphatic rings. The number of nitro groups is 1. The molecular weight excluding hydrogens is 279 g/mol. The molecule has 1 rings (SSSR count). The van der Waals surface area contributed by atoms with Crippen LogP contribution < -0.4 is 10.2 Å². The Balaban J connectivity index is 3.13. The summed E-state index contributed by atoms with van der Waals surface area (Å²) in [6, 6.07) is 0. The molecule has 0 spiro atoms. The maximum Gasteiger partial charge on any atom is 0.390 e. The zero-order chi connectivity index (χ0) is 15.5. The van der Waals surface area contributed by atoms with E-state index < -0.39 is 29.8 Å². The molecule has 20 heavy (non-hydrogen) atoms. The minimum Gasteiger partial charge on any atom is -0.357 e. The fourth-order valence-electron chi connectivity index (χ4n) is 1.54. The van der Waals surface area contributed by atoms with Crippen molar-refractivity contribution in [2.24, 2.45) is 0 Å². The van der Waals surface area contributed by atoms with Crippen molar-refractivity contribution >= 4 is 17.5 Å². The van der Waals surface area contributed by atoms with E-state index in [0.29, 0.717) is 0 Å². The topological polar surface area (TPSA) is 84.2 Å². The third kappa shape index (κ3) is 3.93. The molecule has 1 heterocycles. The molecule has 0 bridgehead atoms. The third-order valence-electron chi connectivity index (χ3n) is 2.54. The van der Waals surface area contributed by atoms with E-state index in [1.165, 1.54) is 21.0 Å². The maximum atomic E-state index is 12.2. The number of rotatable bonds is 5. The summed E-state index contributed by atoms with van der Waals surface area (Å²) in [5.41, 5.74) is -0.308. The van der Waals surface area contributed by atoms with Crippen LogP contribution >= 0.6 is 0 Å². The first-order valence-electron chi connectivity index (χ1n) is 5.64. The van der Waals surface area contributed by atoms with E-state index in [4.69, 9.17) is 0 Å². The highest BCUT2D eigenvalue weighted by Gasteiger charge is 2.30. The Morgan fingerprint density at radius 2 is 2.00 bits per heavy atom. The van der Waals surface area contributed by atoms with Crippen molar-refractivity contribution in [2.45, 2.75) is 19.5 Å². The van der Waals surface area contributed by atoms with Gasteiger partial charge in [0.15, 0.2) is 0 Å². The quantitative estimate of drug-likeness (QED) is 0.661.